The van der Waals surface area contributed by atoms with E-state index in [1.54, 1.807) is 0 Å². The van der Waals surface area contributed by atoms with Crippen LogP contribution in [0.25, 0.3) is 5.57 Å². The van der Waals surface area contributed by atoms with E-state index < -0.39 is 0 Å². The average Bonchev–Trinajstić information content (AvgIpc) is 2.29. The van der Waals surface area contributed by atoms with Crippen molar-refractivity contribution in [3.8, 4) is 0 Å². The van der Waals surface area contributed by atoms with Crippen LogP contribution in [0.2, 0.25) is 0 Å². The monoisotopic (exact) mass is 226 g/mol. The summed E-state index contributed by atoms with van der Waals surface area (Å²) in [5.41, 5.74) is 7.27. The molecular weight excluding hydrogens is 204 g/mol. The van der Waals surface area contributed by atoms with Crippen molar-refractivity contribution in [2.45, 2.75) is 46.5 Å². The SMILES string of the molecule is CC1=CCCC(C)=C1c1cccc(C(C)C)c1. The fraction of sp³-hybridized carbons (Fsp3) is 0.412. The highest BCUT2D eigenvalue weighted by molar-refractivity contribution is 5.81. The smallest absolute Gasteiger partial charge is 0.0168 e. The van der Waals surface area contributed by atoms with Crippen LogP contribution in [0.5, 0.6) is 0 Å². The molecule has 1 aromatic carbocycles. The molecule has 1 aliphatic rings. The van der Waals surface area contributed by atoms with E-state index in [-0.39, 0.29) is 0 Å². The second kappa shape index (κ2) is 4.91. The van der Waals surface area contributed by atoms with Gasteiger partial charge in [0.15, 0.2) is 0 Å². The predicted octanol–water partition coefficient (Wildman–Crippen LogP) is 5.32. The summed E-state index contributed by atoms with van der Waals surface area (Å²) < 4.78 is 0. The van der Waals surface area contributed by atoms with Gasteiger partial charge in [0.05, 0.1) is 0 Å². The third-order valence-electron chi connectivity index (χ3n) is 3.63. The highest BCUT2D eigenvalue weighted by Crippen LogP contribution is 2.33. The zero-order valence-corrected chi connectivity index (χ0v) is 11.4. The highest BCUT2D eigenvalue weighted by atomic mass is 14.2. The van der Waals surface area contributed by atoms with Crippen molar-refractivity contribution in [1.29, 1.82) is 0 Å². The summed E-state index contributed by atoms with van der Waals surface area (Å²) in [6, 6.07) is 9.01. The Bertz CT molecular complexity index is 473. The molecular formula is C17H22. The third kappa shape index (κ3) is 2.52. The van der Waals surface area contributed by atoms with Gasteiger partial charge >= 0.3 is 0 Å². The van der Waals surface area contributed by atoms with Gasteiger partial charge in [-0.05, 0) is 54.9 Å². The number of benzene rings is 1. The first-order valence-corrected chi connectivity index (χ1v) is 6.57. The Hall–Kier alpha value is -1.30. The summed E-state index contributed by atoms with van der Waals surface area (Å²) in [5, 5.41) is 0. The van der Waals surface area contributed by atoms with Crippen LogP contribution in [0, 0.1) is 0 Å². The first-order chi connectivity index (χ1) is 8.09. The fourth-order valence-electron chi connectivity index (χ4n) is 2.60. The van der Waals surface area contributed by atoms with Gasteiger partial charge in [-0.2, -0.15) is 0 Å². The summed E-state index contributed by atoms with van der Waals surface area (Å²) in [4.78, 5) is 0. The molecule has 0 bridgehead atoms. The molecule has 0 atom stereocenters. The molecule has 90 valence electrons. The lowest BCUT2D eigenvalue weighted by atomic mass is 9.86. The van der Waals surface area contributed by atoms with E-state index in [0.29, 0.717) is 5.92 Å². The third-order valence-corrected chi connectivity index (χ3v) is 3.63. The van der Waals surface area contributed by atoms with Crippen LogP contribution in [0.15, 0.2) is 41.5 Å². The van der Waals surface area contributed by atoms with Crippen molar-refractivity contribution in [3.63, 3.8) is 0 Å². The summed E-state index contributed by atoms with van der Waals surface area (Å²) >= 11 is 0. The molecule has 0 unspecified atom stereocenters. The van der Waals surface area contributed by atoms with Crippen LogP contribution in [0.3, 0.4) is 0 Å². The Morgan fingerprint density at radius 1 is 1.12 bits per heavy atom. The summed E-state index contributed by atoms with van der Waals surface area (Å²) in [6.07, 6.45) is 4.77. The number of hydrogen-bond donors (Lipinski definition) is 0. The van der Waals surface area contributed by atoms with Crippen molar-refractivity contribution in [1.82, 2.24) is 0 Å². The Balaban J connectivity index is 2.47. The largest absolute Gasteiger partial charge is 0.0807 e. The van der Waals surface area contributed by atoms with Crippen molar-refractivity contribution < 1.29 is 0 Å². The molecule has 0 N–H and O–H groups in total. The van der Waals surface area contributed by atoms with Gasteiger partial charge in [0, 0.05) is 0 Å². The van der Waals surface area contributed by atoms with Gasteiger partial charge in [-0.1, -0.05) is 49.8 Å². The Labute approximate surface area is 105 Å². The molecule has 0 nitrogen and oxygen atoms in total. The van der Waals surface area contributed by atoms with Crippen LogP contribution < -0.4 is 0 Å². The molecule has 17 heavy (non-hydrogen) atoms. The molecule has 0 spiro atoms. The first-order valence-electron chi connectivity index (χ1n) is 6.57. The molecule has 0 amide bonds. The van der Waals surface area contributed by atoms with Crippen LogP contribution in [0.4, 0.5) is 0 Å². The van der Waals surface area contributed by atoms with E-state index in [1.165, 1.54) is 40.7 Å². The van der Waals surface area contributed by atoms with Crippen LogP contribution >= 0.6 is 0 Å². The van der Waals surface area contributed by atoms with Crippen molar-refractivity contribution in [2.75, 3.05) is 0 Å². The second-order valence-electron chi connectivity index (χ2n) is 5.36. The lowest BCUT2D eigenvalue weighted by molar-refractivity contribution is 0.865. The molecule has 1 aliphatic carbocycles. The lowest BCUT2D eigenvalue weighted by Crippen LogP contribution is -1.98. The molecule has 0 radical (unpaired) electrons. The minimum Gasteiger partial charge on any atom is -0.0807 e. The van der Waals surface area contributed by atoms with Crippen molar-refractivity contribution in [3.05, 3.63) is 52.6 Å². The molecule has 0 fully saturated rings. The van der Waals surface area contributed by atoms with Crippen molar-refractivity contribution in [2.24, 2.45) is 0 Å². The van der Waals surface area contributed by atoms with Gasteiger partial charge < -0.3 is 0 Å². The van der Waals surface area contributed by atoms with E-state index in [0.717, 1.165) is 0 Å². The quantitative estimate of drug-likeness (QED) is 0.640. The van der Waals surface area contributed by atoms with Crippen LogP contribution in [-0.2, 0) is 0 Å². The van der Waals surface area contributed by atoms with E-state index in [4.69, 9.17) is 0 Å². The summed E-state index contributed by atoms with van der Waals surface area (Å²) in [6.45, 7) is 9.02. The average molecular weight is 226 g/mol. The maximum Gasteiger partial charge on any atom is -0.0168 e. The van der Waals surface area contributed by atoms with Gasteiger partial charge in [-0.15, -0.1) is 0 Å². The standard InChI is InChI=1S/C17H22/c1-12(2)15-9-6-10-16(11-15)17-13(3)7-5-8-14(17)4/h6-7,9-12H,5,8H2,1-4H3. The maximum absolute atomic E-state index is 2.37. The van der Waals surface area contributed by atoms with Gasteiger partial charge in [0.25, 0.3) is 0 Å². The van der Waals surface area contributed by atoms with E-state index >= 15 is 0 Å². The predicted molar refractivity (Wildman–Crippen MR) is 76.1 cm³/mol. The number of hydrogen-bond acceptors (Lipinski definition) is 0. The topological polar surface area (TPSA) is 0 Å². The fourth-order valence-corrected chi connectivity index (χ4v) is 2.60. The minimum atomic E-state index is 0.601. The van der Waals surface area contributed by atoms with Gasteiger partial charge in [-0.3, -0.25) is 0 Å². The van der Waals surface area contributed by atoms with Gasteiger partial charge in [0.1, 0.15) is 0 Å². The molecule has 0 heteroatoms. The Morgan fingerprint density at radius 3 is 2.53 bits per heavy atom. The molecule has 0 aromatic heterocycles. The van der Waals surface area contributed by atoms with Crippen LogP contribution in [0.1, 0.15) is 57.6 Å². The summed E-state index contributed by atoms with van der Waals surface area (Å²) in [5.74, 6) is 0.601. The summed E-state index contributed by atoms with van der Waals surface area (Å²) in [7, 11) is 0. The molecule has 0 heterocycles. The Morgan fingerprint density at radius 2 is 1.88 bits per heavy atom. The van der Waals surface area contributed by atoms with E-state index in [9.17, 15) is 0 Å². The molecule has 0 saturated heterocycles. The van der Waals surface area contributed by atoms with E-state index in [1.807, 2.05) is 0 Å². The van der Waals surface area contributed by atoms with E-state index in [2.05, 4.69) is 58.0 Å². The Kier molecular flexibility index (Phi) is 3.51. The number of rotatable bonds is 2. The normalized spacial score (nSPS) is 16.4. The zero-order valence-electron chi connectivity index (χ0n) is 11.4. The first kappa shape index (κ1) is 12.2. The lowest BCUT2D eigenvalue weighted by Gasteiger charge is -2.19. The maximum atomic E-state index is 2.37. The van der Waals surface area contributed by atoms with Crippen LogP contribution in [-0.4, -0.2) is 0 Å². The minimum absolute atomic E-state index is 0.601. The molecule has 1 aromatic rings. The number of allylic oxidation sites excluding steroid dienone is 4. The molecule has 0 aliphatic heterocycles. The zero-order chi connectivity index (χ0) is 12.4. The molecule has 2 rings (SSSR count). The highest BCUT2D eigenvalue weighted by Gasteiger charge is 2.12. The van der Waals surface area contributed by atoms with Crippen molar-refractivity contribution >= 4 is 5.57 Å². The second-order valence-corrected chi connectivity index (χ2v) is 5.36. The molecule has 0 saturated carbocycles. The van der Waals surface area contributed by atoms with Gasteiger partial charge in [0.2, 0.25) is 0 Å². The van der Waals surface area contributed by atoms with Gasteiger partial charge in [-0.25, -0.2) is 0 Å².